The summed E-state index contributed by atoms with van der Waals surface area (Å²) in [5.74, 6) is 1.42. The van der Waals surface area contributed by atoms with E-state index < -0.39 is 0 Å². The Morgan fingerprint density at radius 3 is 2.63 bits per heavy atom. The van der Waals surface area contributed by atoms with Gasteiger partial charge in [-0.05, 0) is 24.3 Å². The predicted molar refractivity (Wildman–Crippen MR) is 77.6 cm³/mol. The maximum absolute atomic E-state index is 10.9. The van der Waals surface area contributed by atoms with Gasteiger partial charge in [0.15, 0.2) is 0 Å². The van der Waals surface area contributed by atoms with Crippen molar-refractivity contribution in [3.05, 3.63) is 28.3 Å². The standard InChI is InChI=1S/C14H21N3O2/c1-10-4-3-5-11(10)9-16-13-6-12(15-2)7-14(8-13)17(18)19/h6-8,10-11,15-16H,3-5,9H2,1-2H3. The SMILES string of the molecule is CNc1cc(NCC2CCCC2C)cc([N+](=O)[O-])c1. The van der Waals surface area contributed by atoms with Gasteiger partial charge in [-0.1, -0.05) is 19.8 Å². The zero-order valence-corrected chi connectivity index (χ0v) is 11.5. The minimum absolute atomic E-state index is 0.119. The molecule has 0 heterocycles. The lowest BCUT2D eigenvalue weighted by Crippen LogP contribution is -2.16. The van der Waals surface area contributed by atoms with Gasteiger partial charge in [-0.15, -0.1) is 0 Å². The lowest BCUT2D eigenvalue weighted by Gasteiger charge is -2.17. The van der Waals surface area contributed by atoms with Gasteiger partial charge in [0.25, 0.3) is 5.69 Å². The van der Waals surface area contributed by atoms with Crippen molar-refractivity contribution in [1.82, 2.24) is 0 Å². The lowest BCUT2D eigenvalue weighted by atomic mass is 9.98. The van der Waals surface area contributed by atoms with Crippen molar-refractivity contribution in [2.24, 2.45) is 11.8 Å². The summed E-state index contributed by atoms with van der Waals surface area (Å²) in [4.78, 5) is 10.5. The molecule has 0 aromatic heterocycles. The van der Waals surface area contributed by atoms with Crippen LogP contribution < -0.4 is 10.6 Å². The van der Waals surface area contributed by atoms with Gasteiger partial charge in [0.2, 0.25) is 0 Å². The second kappa shape index (κ2) is 5.91. The number of nitrogens with one attached hydrogen (secondary N) is 2. The molecule has 1 aliphatic carbocycles. The first-order valence-corrected chi connectivity index (χ1v) is 6.81. The number of non-ortho nitro benzene ring substituents is 1. The summed E-state index contributed by atoms with van der Waals surface area (Å²) >= 11 is 0. The summed E-state index contributed by atoms with van der Waals surface area (Å²) in [5.41, 5.74) is 1.70. The smallest absolute Gasteiger partial charge is 0.273 e. The summed E-state index contributed by atoms with van der Waals surface area (Å²) in [6.45, 7) is 3.18. The first-order chi connectivity index (χ1) is 9.10. The summed E-state index contributed by atoms with van der Waals surface area (Å²) in [6, 6.07) is 5.05. The Morgan fingerprint density at radius 1 is 1.32 bits per heavy atom. The number of nitrogens with zero attached hydrogens (tertiary/aromatic N) is 1. The van der Waals surface area contributed by atoms with Gasteiger partial charge in [0.1, 0.15) is 0 Å². The third-order valence-corrected chi connectivity index (χ3v) is 4.02. The van der Waals surface area contributed by atoms with Crippen LogP contribution in [0.25, 0.3) is 0 Å². The molecule has 0 aliphatic heterocycles. The molecule has 5 heteroatoms. The third-order valence-electron chi connectivity index (χ3n) is 4.02. The van der Waals surface area contributed by atoms with E-state index in [1.54, 1.807) is 19.2 Å². The highest BCUT2D eigenvalue weighted by Crippen LogP contribution is 2.32. The Bertz CT molecular complexity index is 462. The van der Waals surface area contributed by atoms with Crippen molar-refractivity contribution in [2.75, 3.05) is 24.2 Å². The molecule has 2 atom stereocenters. The van der Waals surface area contributed by atoms with Crippen molar-refractivity contribution in [3.8, 4) is 0 Å². The van der Waals surface area contributed by atoms with E-state index in [0.717, 1.165) is 23.8 Å². The fourth-order valence-electron chi connectivity index (χ4n) is 2.74. The van der Waals surface area contributed by atoms with Gasteiger partial charge in [-0.25, -0.2) is 0 Å². The van der Waals surface area contributed by atoms with Gasteiger partial charge in [0, 0.05) is 37.1 Å². The molecule has 1 saturated carbocycles. The van der Waals surface area contributed by atoms with Gasteiger partial charge in [-0.3, -0.25) is 10.1 Å². The summed E-state index contributed by atoms with van der Waals surface area (Å²) in [7, 11) is 1.77. The van der Waals surface area contributed by atoms with Crippen LogP contribution >= 0.6 is 0 Å². The molecule has 0 bridgehead atoms. The molecule has 19 heavy (non-hydrogen) atoms. The monoisotopic (exact) mass is 263 g/mol. The fraction of sp³-hybridized carbons (Fsp3) is 0.571. The minimum Gasteiger partial charge on any atom is -0.388 e. The third kappa shape index (κ3) is 3.36. The molecular formula is C14H21N3O2. The van der Waals surface area contributed by atoms with E-state index >= 15 is 0 Å². The van der Waals surface area contributed by atoms with Crippen molar-refractivity contribution in [1.29, 1.82) is 0 Å². The Morgan fingerprint density at radius 2 is 2.05 bits per heavy atom. The van der Waals surface area contributed by atoms with Crippen LogP contribution in [0, 0.1) is 22.0 Å². The highest BCUT2D eigenvalue weighted by molar-refractivity contribution is 5.63. The largest absolute Gasteiger partial charge is 0.388 e. The molecule has 0 amide bonds. The van der Waals surface area contributed by atoms with Crippen LogP contribution in [0.3, 0.4) is 0 Å². The van der Waals surface area contributed by atoms with E-state index in [2.05, 4.69) is 17.6 Å². The molecule has 0 spiro atoms. The maximum atomic E-state index is 10.9. The van der Waals surface area contributed by atoms with Crippen molar-refractivity contribution >= 4 is 17.1 Å². The van der Waals surface area contributed by atoms with Gasteiger partial charge >= 0.3 is 0 Å². The van der Waals surface area contributed by atoms with Gasteiger partial charge < -0.3 is 10.6 Å². The van der Waals surface area contributed by atoms with Crippen LogP contribution in [0.4, 0.5) is 17.1 Å². The molecule has 0 radical (unpaired) electrons. The Kier molecular flexibility index (Phi) is 4.24. The fourth-order valence-corrected chi connectivity index (χ4v) is 2.74. The number of hydrogen-bond acceptors (Lipinski definition) is 4. The Balaban J connectivity index is 2.06. The van der Waals surface area contributed by atoms with Crippen LogP contribution in [-0.4, -0.2) is 18.5 Å². The van der Waals surface area contributed by atoms with Crippen LogP contribution in [0.2, 0.25) is 0 Å². The number of rotatable bonds is 5. The van der Waals surface area contributed by atoms with E-state index in [0.29, 0.717) is 5.92 Å². The molecule has 104 valence electrons. The first-order valence-electron chi connectivity index (χ1n) is 6.81. The van der Waals surface area contributed by atoms with Gasteiger partial charge in [-0.2, -0.15) is 0 Å². The molecule has 1 aromatic rings. The molecule has 5 nitrogen and oxygen atoms in total. The van der Waals surface area contributed by atoms with E-state index in [-0.39, 0.29) is 10.6 Å². The molecule has 1 aromatic carbocycles. The molecule has 2 rings (SSSR count). The number of benzene rings is 1. The van der Waals surface area contributed by atoms with E-state index in [9.17, 15) is 10.1 Å². The second-order valence-corrected chi connectivity index (χ2v) is 5.32. The molecule has 1 fully saturated rings. The van der Waals surface area contributed by atoms with E-state index in [1.807, 2.05) is 6.07 Å². The van der Waals surface area contributed by atoms with Crippen LogP contribution in [0.5, 0.6) is 0 Å². The first kappa shape index (κ1) is 13.6. The zero-order chi connectivity index (χ0) is 13.8. The van der Waals surface area contributed by atoms with Crippen molar-refractivity contribution < 1.29 is 4.92 Å². The van der Waals surface area contributed by atoms with E-state index in [4.69, 9.17) is 0 Å². The molecular weight excluding hydrogens is 242 g/mol. The number of anilines is 2. The quantitative estimate of drug-likeness (QED) is 0.630. The number of nitro groups is 1. The zero-order valence-electron chi connectivity index (χ0n) is 11.5. The van der Waals surface area contributed by atoms with Crippen molar-refractivity contribution in [3.63, 3.8) is 0 Å². The molecule has 2 N–H and O–H groups in total. The topological polar surface area (TPSA) is 67.2 Å². The number of hydrogen-bond donors (Lipinski definition) is 2. The Labute approximate surface area is 113 Å². The van der Waals surface area contributed by atoms with Crippen LogP contribution in [0.15, 0.2) is 18.2 Å². The molecule has 1 aliphatic rings. The summed E-state index contributed by atoms with van der Waals surface area (Å²) in [6.07, 6.45) is 3.84. The molecule has 2 unspecified atom stereocenters. The minimum atomic E-state index is -0.357. The molecule has 0 saturated heterocycles. The Hall–Kier alpha value is -1.78. The highest BCUT2D eigenvalue weighted by atomic mass is 16.6. The van der Waals surface area contributed by atoms with E-state index in [1.165, 1.54) is 19.3 Å². The summed E-state index contributed by atoms with van der Waals surface area (Å²) < 4.78 is 0. The van der Waals surface area contributed by atoms with Crippen LogP contribution in [0.1, 0.15) is 26.2 Å². The normalized spacial score (nSPS) is 22.2. The average Bonchev–Trinajstić information content (AvgIpc) is 2.81. The lowest BCUT2D eigenvalue weighted by molar-refractivity contribution is -0.384. The predicted octanol–water partition coefficient (Wildman–Crippen LogP) is 3.48. The maximum Gasteiger partial charge on any atom is 0.273 e. The van der Waals surface area contributed by atoms with Crippen LogP contribution in [-0.2, 0) is 0 Å². The summed E-state index contributed by atoms with van der Waals surface area (Å²) in [5, 5.41) is 17.2. The van der Waals surface area contributed by atoms with Gasteiger partial charge in [0.05, 0.1) is 4.92 Å². The second-order valence-electron chi connectivity index (χ2n) is 5.32. The average molecular weight is 263 g/mol. The highest BCUT2D eigenvalue weighted by Gasteiger charge is 2.23. The van der Waals surface area contributed by atoms with Crippen molar-refractivity contribution in [2.45, 2.75) is 26.2 Å². The number of nitro benzene ring substituents is 1.